The first-order chi connectivity index (χ1) is 13.2. The fourth-order valence-electron chi connectivity index (χ4n) is 3.43. The van der Waals surface area contributed by atoms with Gasteiger partial charge in [0, 0.05) is 6.07 Å². The lowest BCUT2D eigenvalue weighted by Crippen LogP contribution is -2.12. The molecule has 3 aromatic carbocycles. The molecule has 1 aliphatic rings. The first-order valence-corrected chi connectivity index (χ1v) is 8.84. The van der Waals surface area contributed by atoms with E-state index in [1.807, 2.05) is 37.3 Å². The Labute approximate surface area is 158 Å². The largest absolute Gasteiger partial charge is 0.514 e. The molecule has 0 aromatic heterocycles. The molecule has 4 nitrogen and oxygen atoms in total. The maximum atomic E-state index is 12.2. The summed E-state index contributed by atoms with van der Waals surface area (Å²) in [6.45, 7) is 2.04. The molecule has 0 atom stereocenters. The van der Waals surface area contributed by atoms with E-state index in [0.717, 1.165) is 17.5 Å². The zero-order valence-electron chi connectivity index (χ0n) is 15.3. The maximum absolute atomic E-state index is 12.2. The van der Waals surface area contributed by atoms with Crippen molar-refractivity contribution >= 4 is 6.16 Å². The van der Waals surface area contributed by atoms with E-state index in [0.29, 0.717) is 11.5 Å². The molecular weight excluding hydrogens is 340 g/mol. The number of ether oxygens (including phenoxy) is 3. The first kappa shape index (κ1) is 17.2. The van der Waals surface area contributed by atoms with Crippen LogP contribution in [0, 0.1) is 6.92 Å². The standard InChI is InChI=1S/C23H20O4/c1-15-10-11-18(25-2)13-22(15)27-23(24)26-14-17-7-5-9-20-19-8-4-3-6-16(19)12-21(17)20/h3-11,13H,12,14H2,1-2H3. The molecule has 0 aliphatic heterocycles. The average molecular weight is 360 g/mol. The molecule has 0 spiro atoms. The van der Waals surface area contributed by atoms with Crippen LogP contribution < -0.4 is 9.47 Å². The molecule has 0 unspecified atom stereocenters. The van der Waals surface area contributed by atoms with E-state index in [9.17, 15) is 4.79 Å². The number of benzene rings is 3. The second kappa shape index (κ2) is 7.16. The summed E-state index contributed by atoms with van der Waals surface area (Å²) in [5.74, 6) is 1.06. The fourth-order valence-corrected chi connectivity index (χ4v) is 3.43. The van der Waals surface area contributed by atoms with Crippen molar-refractivity contribution in [2.24, 2.45) is 0 Å². The highest BCUT2D eigenvalue weighted by Gasteiger charge is 2.21. The number of hydrogen-bond acceptors (Lipinski definition) is 4. The lowest BCUT2D eigenvalue weighted by Gasteiger charge is -2.11. The summed E-state index contributed by atoms with van der Waals surface area (Å²) in [5.41, 5.74) is 6.82. The molecule has 4 rings (SSSR count). The highest BCUT2D eigenvalue weighted by molar-refractivity contribution is 5.78. The Morgan fingerprint density at radius 2 is 1.81 bits per heavy atom. The summed E-state index contributed by atoms with van der Waals surface area (Å²) in [6, 6.07) is 19.8. The molecule has 0 saturated carbocycles. The minimum Gasteiger partial charge on any atom is -0.497 e. The van der Waals surface area contributed by atoms with Crippen LogP contribution in [0.25, 0.3) is 11.1 Å². The first-order valence-electron chi connectivity index (χ1n) is 8.84. The Morgan fingerprint density at radius 1 is 1.00 bits per heavy atom. The van der Waals surface area contributed by atoms with Crippen molar-refractivity contribution in [1.29, 1.82) is 0 Å². The zero-order chi connectivity index (χ0) is 18.8. The van der Waals surface area contributed by atoms with E-state index >= 15 is 0 Å². The van der Waals surface area contributed by atoms with Crippen LogP contribution in [0.15, 0.2) is 60.7 Å². The highest BCUT2D eigenvalue weighted by atomic mass is 16.7. The van der Waals surface area contributed by atoms with Gasteiger partial charge < -0.3 is 14.2 Å². The van der Waals surface area contributed by atoms with Gasteiger partial charge in [0.2, 0.25) is 0 Å². The Bertz CT molecular complexity index is 1010. The van der Waals surface area contributed by atoms with E-state index in [1.54, 1.807) is 13.2 Å². The van der Waals surface area contributed by atoms with Crippen LogP contribution in [-0.4, -0.2) is 13.3 Å². The van der Waals surface area contributed by atoms with E-state index in [-0.39, 0.29) is 6.61 Å². The predicted octanol–water partition coefficient (Wildman–Crippen LogP) is 5.29. The third kappa shape index (κ3) is 3.38. The van der Waals surface area contributed by atoms with Gasteiger partial charge in [-0.05, 0) is 52.8 Å². The minimum absolute atomic E-state index is 0.180. The van der Waals surface area contributed by atoms with Gasteiger partial charge in [-0.1, -0.05) is 48.5 Å². The van der Waals surface area contributed by atoms with E-state index in [1.165, 1.54) is 22.3 Å². The summed E-state index contributed by atoms with van der Waals surface area (Å²) >= 11 is 0. The molecule has 0 amide bonds. The number of carbonyl (C=O) groups is 1. The highest BCUT2D eigenvalue weighted by Crippen LogP contribution is 2.38. The summed E-state index contributed by atoms with van der Waals surface area (Å²) in [6.07, 6.45) is 0.134. The van der Waals surface area contributed by atoms with Crippen LogP contribution in [-0.2, 0) is 17.8 Å². The molecule has 0 radical (unpaired) electrons. The second-order valence-corrected chi connectivity index (χ2v) is 6.55. The van der Waals surface area contributed by atoms with Crippen LogP contribution in [0.4, 0.5) is 4.79 Å². The monoisotopic (exact) mass is 360 g/mol. The number of rotatable bonds is 4. The van der Waals surface area contributed by atoms with Crippen molar-refractivity contribution in [2.45, 2.75) is 20.0 Å². The molecule has 0 bridgehead atoms. The SMILES string of the molecule is COc1ccc(C)c(OC(=O)OCc2cccc3c2Cc2ccccc2-3)c1. The van der Waals surface area contributed by atoms with Gasteiger partial charge in [-0.3, -0.25) is 0 Å². The van der Waals surface area contributed by atoms with E-state index in [2.05, 4.69) is 24.3 Å². The Morgan fingerprint density at radius 3 is 2.67 bits per heavy atom. The minimum atomic E-state index is -0.723. The van der Waals surface area contributed by atoms with Gasteiger partial charge in [0.05, 0.1) is 7.11 Å². The summed E-state index contributed by atoms with van der Waals surface area (Å²) in [4.78, 5) is 12.2. The third-order valence-corrected chi connectivity index (χ3v) is 4.88. The zero-order valence-corrected chi connectivity index (χ0v) is 15.3. The molecule has 0 fully saturated rings. The predicted molar refractivity (Wildman–Crippen MR) is 103 cm³/mol. The number of carbonyl (C=O) groups excluding carboxylic acids is 1. The second-order valence-electron chi connectivity index (χ2n) is 6.55. The number of aryl methyl sites for hydroxylation is 1. The molecule has 4 heteroatoms. The topological polar surface area (TPSA) is 44.8 Å². The maximum Gasteiger partial charge on any atom is 0.514 e. The van der Waals surface area contributed by atoms with Crippen molar-refractivity contribution in [3.05, 3.63) is 82.9 Å². The van der Waals surface area contributed by atoms with Crippen molar-refractivity contribution in [3.63, 3.8) is 0 Å². The van der Waals surface area contributed by atoms with Gasteiger partial charge in [-0.2, -0.15) is 0 Å². The lowest BCUT2D eigenvalue weighted by molar-refractivity contribution is 0.0923. The Hall–Kier alpha value is -3.27. The van der Waals surface area contributed by atoms with Crippen LogP contribution >= 0.6 is 0 Å². The summed E-state index contributed by atoms with van der Waals surface area (Å²) in [5, 5.41) is 0. The van der Waals surface area contributed by atoms with Crippen molar-refractivity contribution in [2.75, 3.05) is 7.11 Å². The number of fused-ring (bicyclic) bond motifs is 3. The van der Waals surface area contributed by atoms with Crippen LogP contribution in [0.2, 0.25) is 0 Å². The van der Waals surface area contributed by atoms with Gasteiger partial charge in [-0.25, -0.2) is 4.79 Å². The number of methoxy groups -OCH3 is 1. The fraction of sp³-hybridized carbons (Fsp3) is 0.174. The molecule has 27 heavy (non-hydrogen) atoms. The van der Waals surface area contributed by atoms with Gasteiger partial charge in [0.1, 0.15) is 18.1 Å². The third-order valence-electron chi connectivity index (χ3n) is 4.88. The molecule has 3 aromatic rings. The average Bonchev–Trinajstić information content (AvgIpc) is 3.07. The van der Waals surface area contributed by atoms with Crippen LogP contribution in [0.3, 0.4) is 0 Å². The van der Waals surface area contributed by atoms with Crippen molar-refractivity contribution in [1.82, 2.24) is 0 Å². The Kier molecular flexibility index (Phi) is 4.55. The lowest BCUT2D eigenvalue weighted by atomic mass is 10.0. The molecule has 1 aliphatic carbocycles. The molecule has 0 heterocycles. The molecule has 0 N–H and O–H groups in total. The van der Waals surface area contributed by atoms with Gasteiger partial charge >= 0.3 is 6.16 Å². The quantitative estimate of drug-likeness (QED) is 0.366. The van der Waals surface area contributed by atoms with Gasteiger partial charge in [-0.15, -0.1) is 0 Å². The Balaban J connectivity index is 1.47. The molecular formula is C23H20O4. The van der Waals surface area contributed by atoms with Crippen LogP contribution in [0.5, 0.6) is 11.5 Å². The van der Waals surface area contributed by atoms with Gasteiger partial charge in [0.15, 0.2) is 0 Å². The van der Waals surface area contributed by atoms with Gasteiger partial charge in [0.25, 0.3) is 0 Å². The smallest absolute Gasteiger partial charge is 0.497 e. The summed E-state index contributed by atoms with van der Waals surface area (Å²) < 4.78 is 15.9. The van der Waals surface area contributed by atoms with E-state index in [4.69, 9.17) is 14.2 Å². The number of hydrogen-bond donors (Lipinski definition) is 0. The molecule has 136 valence electrons. The van der Waals surface area contributed by atoms with Crippen molar-refractivity contribution in [3.8, 4) is 22.6 Å². The summed E-state index contributed by atoms with van der Waals surface area (Å²) in [7, 11) is 1.57. The molecule has 0 saturated heterocycles. The normalized spacial score (nSPS) is 11.5. The van der Waals surface area contributed by atoms with Crippen LogP contribution in [0.1, 0.15) is 22.3 Å². The van der Waals surface area contributed by atoms with Crippen molar-refractivity contribution < 1.29 is 19.0 Å². The van der Waals surface area contributed by atoms with E-state index < -0.39 is 6.16 Å².